The molecule has 0 saturated carbocycles. The summed E-state index contributed by atoms with van der Waals surface area (Å²) in [6.07, 6.45) is 5.91. The highest BCUT2D eigenvalue weighted by Gasteiger charge is 1.87. The first-order valence-corrected chi connectivity index (χ1v) is 11.4. The fourth-order valence-corrected chi connectivity index (χ4v) is 1.65. The molecular weight excluding hydrogens is 446 g/mol. The molecule has 0 saturated heterocycles. The zero-order valence-electron chi connectivity index (χ0n) is 23.7. The van der Waals surface area contributed by atoms with Gasteiger partial charge in [0.25, 0.3) is 0 Å². The van der Waals surface area contributed by atoms with E-state index in [0.717, 1.165) is 24.2 Å². The van der Waals surface area contributed by atoms with Crippen LogP contribution in [0.25, 0.3) is 0 Å². The second-order valence-corrected chi connectivity index (χ2v) is 5.93. The minimum Gasteiger partial charge on any atom is -0.359 e. The summed E-state index contributed by atoms with van der Waals surface area (Å²) in [7, 11) is 3.20. The van der Waals surface area contributed by atoms with Gasteiger partial charge in [-0.25, -0.2) is 0 Å². The highest BCUT2D eigenvalue weighted by molar-refractivity contribution is 5.76. The molecule has 0 fully saturated rings. The van der Waals surface area contributed by atoms with E-state index in [1.807, 2.05) is 66.1 Å². The molecule has 36 heavy (non-hydrogen) atoms. The molecule has 0 spiro atoms. The Morgan fingerprint density at radius 2 is 0.917 bits per heavy atom. The number of hydrogen-bond acceptors (Lipinski definition) is 4. The Morgan fingerprint density at radius 1 is 0.694 bits per heavy atom. The number of aryl methyl sites for hydroxylation is 4. The van der Waals surface area contributed by atoms with Gasteiger partial charge in [0.05, 0.1) is 0 Å². The van der Waals surface area contributed by atoms with E-state index in [0.29, 0.717) is 0 Å². The highest BCUT2D eigenvalue weighted by atomic mass is 16.1. The lowest BCUT2D eigenvalue weighted by atomic mass is 10.2. The Morgan fingerprint density at radius 3 is 1.03 bits per heavy atom. The van der Waals surface area contributed by atoms with Crippen LogP contribution in [-0.4, -0.2) is 52.7 Å². The van der Waals surface area contributed by atoms with Crippen LogP contribution in [0.4, 0.5) is 0 Å². The number of amides is 2. The first-order valence-electron chi connectivity index (χ1n) is 11.4. The van der Waals surface area contributed by atoms with Crippen molar-refractivity contribution in [3.8, 4) is 0 Å². The van der Waals surface area contributed by atoms with Gasteiger partial charge in [-0.3, -0.25) is 19.6 Å². The van der Waals surface area contributed by atoms with Crippen LogP contribution in [0.5, 0.6) is 0 Å². The van der Waals surface area contributed by atoms with E-state index >= 15 is 0 Å². The van der Waals surface area contributed by atoms with Gasteiger partial charge in [0, 0.05) is 68.6 Å². The van der Waals surface area contributed by atoms with Gasteiger partial charge in [0.15, 0.2) is 0 Å². The number of nitrogens with one attached hydrogen (secondary N) is 2. The topological polar surface area (TPSA) is 84.0 Å². The van der Waals surface area contributed by atoms with E-state index in [1.54, 1.807) is 14.1 Å². The van der Waals surface area contributed by atoms with Gasteiger partial charge >= 0.3 is 0 Å². The Bertz CT molecular complexity index is 641. The third-order valence-electron chi connectivity index (χ3n) is 3.44. The summed E-state index contributed by atoms with van der Waals surface area (Å²) < 4.78 is 0. The van der Waals surface area contributed by atoms with Crippen molar-refractivity contribution in [2.24, 2.45) is 0 Å². The largest absolute Gasteiger partial charge is 0.359 e. The van der Waals surface area contributed by atoms with E-state index in [-0.39, 0.29) is 43.5 Å². The van der Waals surface area contributed by atoms with E-state index < -0.39 is 0 Å². The van der Waals surface area contributed by atoms with Crippen LogP contribution in [0.1, 0.15) is 92.8 Å². The lowest BCUT2D eigenvalue weighted by Crippen LogP contribution is -2.11. The molecule has 0 aliphatic carbocycles. The van der Waals surface area contributed by atoms with Crippen molar-refractivity contribution < 1.29 is 9.59 Å². The minimum atomic E-state index is 0. The van der Waals surface area contributed by atoms with Crippen LogP contribution in [0.15, 0.2) is 36.7 Å². The fourth-order valence-electron chi connectivity index (χ4n) is 1.65. The molecule has 2 rings (SSSR count). The first-order chi connectivity index (χ1) is 15.2. The number of nitrogens with zero attached hydrogens (tertiary/aromatic N) is 2. The van der Waals surface area contributed by atoms with Crippen molar-refractivity contribution in [1.82, 2.24) is 20.6 Å². The standard InChI is InChI=1S/2C8H11N.2C3H7NO.2C2H6.2CH4.2B/c2*1-3-8-4-5-9-7(2)6-8;2*1-3(5)4-2;2*1-2;;;;/h2*4-6H,3H2,1-2H3;2*1-2H3,(H,4,5);2*1-2H3;2*1H4;;. The van der Waals surface area contributed by atoms with Crippen molar-refractivity contribution >= 4 is 28.6 Å². The molecular formula is C28H56B2N4O2. The summed E-state index contributed by atoms with van der Waals surface area (Å²) in [4.78, 5) is 27.6. The molecule has 0 aliphatic rings. The molecule has 206 valence electrons. The summed E-state index contributed by atoms with van der Waals surface area (Å²) >= 11 is 0. The van der Waals surface area contributed by atoms with Crippen LogP contribution in [0, 0.1) is 13.8 Å². The van der Waals surface area contributed by atoms with Gasteiger partial charge in [0.2, 0.25) is 11.8 Å². The molecule has 0 aliphatic heterocycles. The maximum Gasteiger partial charge on any atom is 0.216 e. The molecule has 0 atom stereocenters. The third-order valence-corrected chi connectivity index (χ3v) is 3.44. The van der Waals surface area contributed by atoms with Crippen molar-refractivity contribution in [3.63, 3.8) is 0 Å². The Kier molecular flexibility index (Phi) is 64.2. The number of carbonyl (C=O) groups is 2. The molecule has 0 unspecified atom stereocenters. The van der Waals surface area contributed by atoms with E-state index in [1.165, 1.54) is 25.0 Å². The minimum absolute atomic E-state index is 0. The molecule has 2 aromatic rings. The zero-order chi connectivity index (χ0) is 25.9. The molecule has 6 radical (unpaired) electrons. The maximum absolute atomic E-state index is 9.70. The SMILES string of the molecule is C.C.CC.CC.CCc1ccnc(C)c1.CCc1ccnc(C)c1.CNC(C)=O.CNC(C)=O.[B].[B]. The average molecular weight is 502 g/mol. The van der Waals surface area contributed by atoms with Crippen LogP contribution < -0.4 is 10.6 Å². The predicted octanol–water partition coefficient (Wildman–Crippen LogP) is 5.97. The molecule has 0 bridgehead atoms. The number of carbonyl (C=O) groups excluding carboxylic acids is 2. The van der Waals surface area contributed by atoms with E-state index in [2.05, 4.69) is 46.6 Å². The lowest BCUT2D eigenvalue weighted by Gasteiger charge is -1.94. The molecule has 2 N–H and O–H groups in total. The van der Waals surface area contributed by atoms with Gasteiger partial charge in [-0.15, -0.1) is 0 Å². The summed E-state index contributed by atoms with van der Waals surface area (Å²) in [6.45, 7) is 19.3. The molecule has 2 aromatic heterocycles. The van der Waals surface area contributed by atoms with Crippen LogP contribution in [-0.2, 0) is 22.4 Å². The van der Waals surface area contributed by atoms with E-state index in [9.17, 15) is 9.59 Å². The molecule has 6 nitrogen and oxygen atoms in total. The maximum atomic E-state index is 9.70. The van der Waals surface area contributed by atoms with Crippen LogP contribution >= 0.6 is 0 Å². The quantitative estimate of drug-likeness (QED) is 0.496. The molecule has 8 heteroatoms. The number of hydrogen-bond donors (Lipinski definition) is 2. The van der Waals surface area contributed by atoms with Crippen molar-refractivity contribution in [3.05, 3.63) is 59.2 Å². The van der Waals surface area contributed by atoms with Gasteiger partial charge in [0.1, 0.15) is 0 Å². The Hall–Kier alpha value is -2.63. The Labute approximate surface area is 229 Å². The van der Waals surface area contributed by atoms with Gasteiger partial charge in [-0.1, -0.05) is 56.4 Å². The van der Waals surface area contributed by atoms with Crippen LogP contribution in [0.3, 0.4) is 0 Å². The zero-order valence-corrected chi connectivity index (χ0v) is 23.7. The van der Waals surface area contributed by atoms with Gasteiger partial charge in [-0.05, 0) is 62.1 Å². The monoisotopic (exact) mass is 502 g/mol. The number of pyridine rings is 2. The fraction of sp³-hybridized carbons (Fsp3) is 0.571. The smallest absolute Gasteiger partial charge is 0.216 e. The number of rotatable bonds is 2. The molecule has 0 aromatic carbocycles. The van der Waals surface area contributed by atoms with Crippen molar-refractivity contribution in [2.75, 3.05) is 14.1 Å². The van der Waals surface area contributed by atoms with Crippen molar-refractivity contribution in [2.45, 2.75) is 96.9 Å². The highest BCUT2D eigenvalue weighted by Crippen LogP contribution is 2.00. The van der Waals surface area contributed by atoms with E-state index in [4.69, 9.17) is 0 Å². The first kappa shape index (κ1) is 54.3. The normalized spacial score (nSPS) is 7.00. The van der Waals surface area contributed by atoms with Crippen LogP contribution in [0.2, 0.25) is 0 Å². The lowest BCUT2D eigenvalue weighted by molar-refractivity contribution is -0.119. The van der Waals surface area contributed by atoms with Gasteiger partial charge < -0.3 is 10.6 Å². The molecule has 2 heterocycles. The molecule has 2 amide bonds. The Balaban J connectivity index is -0.0000000459. The summed E-state index contributed by atoms with van der Waals surface area (Å²) in [5, 5.41) is 4.78. The summed E-state index contributed by atoms with van der Waals surface area (Å²) in [5.41, 5.74) is 4.94. The third kappa shape index (κ3) is 45.0. The summed E-state index contributed by atoms with van der Waals surface area (Å²) in [6, 6.07) is 8.32. The predicted molar refractivity (Wildman–Crippen MR) is 164 cm³/mol. The second kappa shape index (κ2) is 42.5. The number of aromatic nitrogens is 2. The van der Waals surface area contributed by atoms with Crippen molar-refractivity contribution in [1.29, 1.82) is 0 Å². The van der Waals surface area contributed by atoms with Gasteiger partial charge in [-0.2, -0.15) is 0 Å². The summed E-state index contributed by atoms with van der Waals surface area (Å²) in [5.74, 6) is 0.00926. The second-order valence-electron chi connectivity index (χ2n) is 5.93. The average Bonchev–Trinajstić information content (AvgIpc) is 2.82.